The molecule has 0 aliphatic carbocycles. The Kier molecular flexibility index (Phi) is 6.96. The molecule has 0 bridgehead atoms. The molecule has 3 nitrogen and oxygen atoms in total. The van der Waals surface area contributed by atoms with E-state index < -0.39 is 6.16 Å². The van der Waals surface area contributed by atoms with Gasteiger partial charge in [0.2, 0.25) is 0 Å². The smallest absolute Gasteiger partial charge is 0.433 e. The summed E-state index contributed by atoms with van der Waals surface area (Å²) in [5, 5.41) is 0. The van der Waals surface area contributed by atoms with Crippen molar-refractivity contribution in [1.82, 2.24) is 0 Å². The van der Waals surface area contributed by atoms with Gasteiger partial charge in [0.05, 0.1) is 5.88 Å². The average Bonchev–Trinajstić information content (AvgIpc) is 2.01. The van der Waals surface area contributed by atoms with Crippen LogP contribution < -0.4 is 0 Å². The van der Waals surface area contributed by atoms with Crippen LogP contribution in [-0.2, 0) is 9.47 Å². The molecule has 0 saturated heterocycles. The van der Waals surface area contributed by atoms with Crippen LogP contribution in [0.15, 0.2) is 0 Å². The lowest BCUT2D eigenvalue weighted by atomic mass is 10.2. The van der Waals surface area contributed by atoms with Crippen molar-refractivity contribution in [1.29, 1.82) is 0 Å². The number of ether oxygens (including phenoxy) is 2. The van der Waals surface area contributed by atoms with Gasteiger partial charge in [-0.05, 0) is 13.3 Å². The molecule has 0 spiro atoms. The van der Waals surface area contributed by atoms with Crippen LogP contribution in [0.4, 0.5) is 4.79 Å². The molecule has 0 radical (unpaired) electrons. The zero-order chi connectivity index (χ0) is 9.40. The van der Waals surface area contributed by atoms with Crippen molar-refractivity contribution in [3.05, 3.63) is 0 Å². The van der Waals surface area contributed by atoms with Gasteiger partial charge in [0.1, 0.15) is 12.7 Å². The molecule has 0 aliphatic heterocycles. The van der Waals surface area contributed by atoms with Gasteiger partial charge in [-0.25, -0.2) is 4.79 Å². The molecule has 0 aromatic rings. The third-order valence-corrected chi connectivity index (χ3v) is 1.44. The van der Waals surface area contributed by atoms with E-state index >= 15 is 0 Å². The molecule has 0 amide bonds. The fraction of sp³-hybridized carbons (Fsp3) is 0.875. The Hall–Kier alpha value is -0.440. The van der Waals surface area contributed by atoms with Crippen molar-refractivity contribution in [3.63, 3.8) is 0 Å². The Morgan fingerprint density at radius 2 is 2.25 bits per heavy atom. The molecule has 1 atom stereocenters. The second-order valence-electron chi connectivity index (χ2n) is 2.50. The fourth-order valence-corrected chi connectivity index (χ4v) is 0.863. The van der Waals surface area contributed by atoms with Crippen LogP contribution in [0.3, 0.4) is 0 Å². The summed E-state index contributed by atoms with van der Waals surface area (Å²) >= 11 is 5.31. The average molecular weight is 195 g/mol. The van der Waals surface area contributed by atoms with Crippen molar-refractivity contribution in [3.8, 4) is 0 Å². The number of rotatable bonds is 5. The van der Waals surface area contributed by atoms with Gasteiger partial charge in [-0.1, -0.05) is 13.3 Å². The molecular weight excluding hydrogens is 180 g/mol. The SMILES string of the molecule is CCCC(C)OC(=O)OCCCl. The first-order valence-electron chi connectivity index (χ1n) is 4.10. The predicted molar refractivity (Wildman–Crippen MR) is 47.5 cm³/mol. The fourth-order valence-electron chi connectivity index (χ4n) is 0.786. The van der Waals surface area contributed by atoms with Crippen LogP contribution in [0.5, 0.6) is 0 Å². The number of hydrogen-bond acceptors (Lipinski definition) is 3. The van der Waals surface area contributed by atoms with Crippen LogP contribution in [0.1, 0.15) is 26.7 Å². The number of halogens is 1. The molecule has 72 valence electrons. The molecular formula is C8H15ClO3. The van der Waals surface area contributed by atoms with E-state index in [1.54, 1.807) is 0 Å². The second-order valence-corrected chi connectivity index (χ2v) is 2.88. The maximum absolute atomic E-state index is 10.8. The normalized spacial score (nSPS) is 12.2. The first-order chi connectivity index (χ1) is 5.70. The molecule has 0 N–H and O–H groups in total. The summed E-state index contributed by atoms with van der Waals surface area (Å²) in [6.45, 7) is 4.08. The third-order valence-electron chi connectivity index (χ3n) is 1.29. The van der Waals surface area contributed by atoms with E-state index in [1.165, 1.54) is 0 Å². The zero-order valence-electron chi connectivity index (χ0n) is 7.51. The molecule has 0 fully saturated rings. The predicted octanol–water partition coefficient (Wildman–Crippen LogP) is 2.57. The topological polar surface area (TPSA) is 35.5 Å². The van der Waals surface area contributed by atoms with E-state index in [0.29, 0.717) is 5.88 Å². The minimum Gasteiger partial charge on any atom is -0.433 e. The van der Waals surface area contributed by atoms with E-state index in [2.05, 4.69) is 4.74 Å². The highest BCUT2D eigenvalue weighted by Crippen LogP contribution is 2.02. The van der Waals surface area contributed by atoms with E-state index in [4.69, 9.17) is 16.3 Å². The summed E-state index contributed by atoms with van der Waals surface area (Å²) in [4.78, 5) is 10.8. The summed E-state index contributed by atoms with van der Waals surface area (Å²) in [5.74, 6) is 0.303. The van der Waals surface area contributed by atoms with Gasteiger partial charge in [-0.15, -0.1) is 11.6 Å². The quantitative estimate of drug-likeness (QED) is 0.499. The summed E-state index contributed by atoms with van der Waals surface area (Å²) in [6.07, 6.45) is 1.15. The summed E-state index contributed by atoms with van der Waals surface area (Å²) < 4.78 is 9.49. The van der Waals surface area contributed by atoms with Gasteiger partial charge < -0.3 is 9.47 Å². The standard InChI is InChI=1S/C8H15ClO3/c1-3-4-7(2)12-8(10)11-6-5-9/h7H,3-6H2,1-2H3. The first-order valence-corrected chi connectivity index (χ1v) is 4.63. The number of carbonyl (C=O) groups excluding carboxylic acids is 1. The van der Waals surface area contributed by atoms with Gasteiger partial charge in [0.25, 0.3) is 0 Å². The third kappa shape index (κ3) is 6.28. The van der Waals surface area contributed by atoms with Crippen molar-refractivity contribution in [2.75, 3.05) is 12.5 Å². The van der Waals surface area contributed by atoms with Crippen LogP contribution >= 0.6 is 11.6 Å². The number of alkyl halides is 1. The molecule has 1 unspecified atom stereocenters. The Morgan fingerprint density at radius 1 is 1.58 bits per heavy atom. The van der Waals surface area contributed by atoms with Crippen LogP contribution in [0.2, 0.25) is 0 Å². The highest BCUT2D eigenvalue weighted by molar-refractivity contribution is 6.18. The second kappa shape index (κ2) is 7.22. The van der Waals surface area contributed by atoms with Gasteiger partial charge in [0, 0.05) is 0 Å². The van der Waals surface area contributed by atoms with E-state index in [9.17, 15) is 4.79 Å². The minimum atomic E-state index is -0.628. The van der Waals surface area contributed by atoms with E-state index in [1.807, 2.05) is 13.8 Å². The lowest BCUT2D eigenvalue weighted by molar-refractivity contribution is 0.0299. The molecule has 0 aliphatic rings. The van der Waals surface area contributed by atoms with E-state index in [0.717, 1.165) is 12.8 Å². The molecule has 0 aromatic carbocycles. The van der Waals surface area contributed by atoms with Gasteiger partial charge in [-0.3, -0.25) is 0 Å². The Balaban J connectivity index is 3.40. The van der Waals surface area contributed by atoms with Crippen LogP contribution in [0.25, 0.3) is 0 Å². The number of carbonyl (C=O) groups is 1. The zero-order valence-corrected chi connectivity index (χ0v) is 8.26. The van der Waals surface area contributed by atoms with Gasteiger partial charge >= 0.3 is 6.16 Å². The maximum Gasteiger partial charge on any atom is 0.508 e. The monoisotopic (exact) mass is 194 g/mol. The Labute approximate surface area is 78.0 Å². The first kappa shape index (κ1) is 11.6. The molecule has 0 saturated carbocycles. The maximum atomic E-state index is 10.8. The summed E-state index contributed by atoms with van der Waals surface area (Å²) in [7, 11) is 0. The summed E-state index contributed by atoms with van der Waals surface area (Å²) in [5.41, 5.74) is 0. The van der Waals surface area contributed by atoms with E-state index in [-0.39, 0.29) is 12.7 Å². The van der Waals surface area contributed by atoms with Gasteiger partial charge in [-0.2, -0.15) is 0 Å². The van der Waals surface area contributed by atoms with Crippen molar-refractivity contribution in [2.24, 2.45) is 0 Å². The Morgan fingerprint density at radius 3 is 2.75 bits per heavy atom. The molecule has 0 rings (SSSR count). The van der Waals surface area contributed by atoms with Gasteiger partial charge in [0.15, 0.2) is 0 Å². The van der Waals surface area contributed by atoms with Crippen molar-refractivity contribution in [2.45, 2.75) is 32.8 Å². The molecule has 0 aromatic heterocycles. The Bertz CT molecular complexity index is 127. The molecule has 4 heteroatoms. The van der Waals surface area contributed by atoms with Crippen LogP contribution in [-0.4, -0.2) is 24.7 Å². The summed E-state index contributed by atoms with van der Waals surface area (Å²) in [6, 6.07) is 0. The largest absolute Gasteiger partial charge is 0.508 e. The van der Waals surface area contributed by atoms with Crippen molar-refractivity contribution >= 4 is 17.8 Å². The number of hydrogen-bond donors (Lipinski definition) is 0. The van der Waals surface area contributed by atoms with Crippen LogP contribution in [0, 0.1) is 0 Å². The lowest BCUT2D eigenvalue weighted by Crippen LogP contribution is -2.16. The molecule has 0 heterocycles. The lowest BCUT2D eigenvalue weighted by Gasteiger charge is -2.11. The van der Waals surface area contributed by atoms with Crippen molar-refractivity contribution < 1.29 is 14.3 Å². The minimum absolute atomic E-state index is 0.0715. The highest BCUT2D eigenvalue weighted by Gasteiger charge is 2.08. The highest BCUT2D eigenvalue weighted by atomic mass is 35.5. The molecule has 12 heavy (non-hydrogen) atoms.